The van der Waals surface area contributed by atoms with Crippen molar-refractivity contribution in [1.29, 1.82) is 0 Å². The maximum atomic E-state index is 10.9. The molecular weight excluding hydrogens is 216 g/mol. The van der Waals surface area contributed by atoms with Crippen LogP contribution in [0, 0.1) is 6.92 Å². The summed E-state index contributed by atoms with van der Waals surface area (Å²) in [7, 11) is 1.48. The molecule has 82 valence electrons. The molecule has 1 rings (SSSR count). The summed E-state index contributed by atoms with van der Waals surface area (Å²) in [6, 6.07) is 3.49. The van der Waals surface area contributed by atoms with E-state index in [1.165, 1.54) is 7.11 Å². The average Bonchev–Trinajstić information content (AvgIpc) is 2.19. The van der Waals surface area contributed by atoms with Gasteiger partial charge in [0.15, 0.2) is 0 Å². The number of carboxylic acid groups (broad SMARTS) is 1. The molecule has 0 aliphatic carbocycles. The van der Waals surface area contributed by atoms with Crippen molar-refractivity contribution in [2.45, 2.75) is 19.8 Å². The standard InChI is InChI=1S/C11H13ClO3/c1-6-4-5-8(12)10(15-3)9(6)7(2)11(13)14/h4-5,7H,1-3H3,(H,13,14). The lowest BCUT2D eigenvalue weighted by Gasteiger charge is -2.16. The van der Waals surface area contributed by atoms with Gasteiger partial charge in [0.25, 0.3) is 0 Å². The molecule has 0 fully saturated rings. The van der Waals surface area contributed by atoms with Crippen LogP contribution in [0.15, 0.2) is 12.1 Å². The number of rotatable bonds is 3. The molecule has 0 spiro atoms. The molecule has 0 saturated heterocycles. The Labute approximate surface area is 93.6 Å². The van der Waals surface area contributed by atoms with Gasteiger partial charge in [-0.1, -0.05) is 17.7 Å². The molecule has 0 saturated carbocycles. The third-order valence-corrected chi connectivity index (χ3v) is 2.67. The molecule has 3 nitrogen and oxygen atoms in total. The van der Waals surface area contributed by atoms with Crippen LogP contribution in [0.4, 0.5) is 0 Å². The predicted molar refractivity (Wildman–Crippen MR) is 58.8 cm³/mol. The first-order valence-electron chi connectivity index (χ1n) is 4.54. The van der Waals surface area contributed by atoms with Crippen molar-refractivity contribution < 1.29 is 14.6 Å². The van der Waals surface area contributed by atoms with Gasteiger partial charge in [0, 0.05) is 5.56 Å². The molecule has 1 atom stereocenters. The molecule has 0 bridgehead atoms. The van der Waals surface area contributed by atoms with Crippen LogP contribution in [-0.4, -0.2) is 18.2 Å². The Balaban J connectivity index is 3.37. The fourth-order valence-electron chi connectivity index (χ4n) is 1.54. The summed E-state index contributed by atoms with van der Waals surface area (Å²) in [5.74, 6) is -1.07. The van der Waals surface area contributed by atoms with E-state index in [4.69, 9.17) is 21.4 Å². The van der Waals surface area contributed by atoms with Gasteiger partial charge in [-0.3, -0.25) is 4.79 Å². The lowest BCUT2D eigenvalue weighted by molar-refractivity contribution is -0.138. The Hall–Kier alpha value is -1.22. The first-order valence-corrected chi connectivity index (χ1v) is 4.92. The molecule has 15 heavy (non-hydrogen) atoms. The van der Waals surface area contributed by atoms with E-state index < -0.39 is 11.9 Å². The lowest BCUT2D eigenvalue weighted by atomic mass is 9.95. The Morgan fingerprint density at radius 3 is 2.60 bits per heavy atom. The lowest BCUT2D eigenvalue weighted by Crippen LogP contribution is -2.10. The summed E-state index contributed by atoms with van der Waals surface area (Å²) in [5.41, 5.74) is 1.50. The molecule has 0 aromatic heterocycles. The molecule has 0 aliphatic heterocycles. The van der Waals surface area contributed by atoms with E-state index in [1.807, 2.05) is 6.92 Å². The van der Waals surface area contributed by atoms with Gasteiger partial charge in [0.2, 0.25) is 0 Å². The first-order chi connectivity index (χ1) is 6.99. The molecule has 0 heterocycles. The van der Waals surface area contributed by atoms with E-state index >= 15 is 0 Å². The molecule has 1 unspecified atom stereocenters. The summed E-state index contributed by atoms with van der Waals surface area (Å²) in [4.78, 5) is 10.9. The van der Waals surface area contributed by atoms with Gasteiger partial charge in [-0.2, -0.15) is 0 Å². The largest absolute Gasteiger partial charge is 0.495 e. The minimum atomic E-state index is -0.890. The van der Waals surface area contributed by atoms with E-state index in [1.54, 1.807) is 19.1 Å². The number of carboxylic acids is 1. The Kier molecular flexibility index (Phi) is 3.58. The number of ether oxygens (including phenoxy) is 1. The fraction of sp³-hybridized carbons (Fsp3) is 0.364. The van der Waals surface area contributed by atoms with Crippen molar-refractivity contribution in [2.75, 3.05) is 7.11 Å². The minimum absolute atomic E-state index is 0.436. The van der Waals surface area contributed by atoms with Crippen molar-refractivity contribution in [3.05, 3.63) is 28.3 Å². The quantitative estimate of drug-likeness (QED) is 0.865. The van der Waals surface area contributed by atoms with Gasteiger partial charge in [0.1, 0.15) is 5.75 Å². The Bertz CT molecular complexity index is 388. The van der Waals surface area contributed by atoms with Crippen LogP contribution in [0.5, 0.6) is 5.75 Å². The molecule has 1 N–H and O–H groups in total. The molecule has 1 aromatic rings. The second-order valence-electron chi connectivity index (χ2n) is 3.37. The minimum Gasteiger partial charge on any atom is -0.495 e. The van der Waals surface area contributed by atoms with Gasteiger partial charge in [-0.15, -0.1) is 0 Å². The molecular formula is C11H13ClO3. The van der Waals surface area contributed by atoms with Crippen LogP contribution >= 0.6 is 11.6 Å². The van der Waals surface area contributed by atoms with Crippen molar-refractivity contribution in [1.82, 2.24) is 0 Å². The number of aliphatic carboxylic acids is 1. The van der Waals surface area contributed by atoms with E-state index in [9.17, 15) is 4.79 Å². The Morgan fingerprint density at radius 2 is 2.13 bits per heavy atom. The van der Waals surface area contributed by atoms with Crippen LogP contribution in [-0.2, 0) is 4.79 Å². The van der Waals surface area contributed by atoms with Crippen LogP contribution < -0.4 is 4.74 Å². The summed E-state index contributed by atoms with van der Waals surface area (Å²) in [5, 5.41) is 9.41. The van der Waals surface area contributed by atoms with E-state index in [2.05, 4.69) is 0 Å². The normalized spacial score (nSPS) is 12.3. The maximum absolute atomic E-state index is 10.9. The summed E-state index contributed by atoms with van der Waals surface area (Å²) in [6.45, 7) is 3.46. The summed E-state index contributed by atoms with van der Waals surface area (Å²) < 4.78 is 5.13. The number of benzene rings is 1. The zero-order valence-electron chi connectivity index (χ0n) is 8.87. The summed E-state index contributed by atoms with van der Waals surface area (Å²) in [6.07, 6.45) is 0. The average molecular weight is 229 g/mol. The fourth-order valence-corrected chi connectivity index (χ4v) is 1.78. The van der Waals surface area contributed by atoms with E-state index in [0.717, 1.165) is 5.56 Å². The van der Waals surface area contributed by atoms with Crippen LogP contribution in [0.1, 0.15) is 24.0 Å². The number of hydrogen-bond donors (Lipinski definition) is 1. The van der Waals surface area contributed by atoms with Crippen LogP contribution in [0.25, 0.3) is 0 Å². The first kappa shape index (κ1) is 11.9. The molecule has 1 aromatic carbocycles. The number of carbonyl (C=O) groups is 1. The SMILES string of the molecule is COc1c(Cl)ccc(C)c1C(C)C(=O)O. The molecule has 0 radical (unpaired) electrons. The van der Waals surface area contributed by atoms with Gasteiger partial charge >= 0.3 is 5.97 Å². The highest BCUT2D eigenvalue weighted by Gasteiger charge is 2.22. The van der Waals surface area contributed by atoms with Gasteiger partial charge < -0.3 is 9.84 Å². The van der Waals surface area contributed by atoms with Crippen molar-refractivity contribution >= 4 is 17.6 Å². The van der Waals surface area contributed by atoms with Crippen molar-refractivity contribution in [2.24, 2.45) is 0 Å². The third-order valence-electron chi connectivity index (χ3n) is 2.37. The molecule has 0 amide bonds. The van der Waals surface area contributed by atoms with E-state index in [0.29, 0.717) is 16.3 Å². The van der Waals surface area contributed by atoms with Gasteiger partial charge in [0.05, 0.1) is 18.1 Å². The number of aryl methyl sites for hydroxylation is 1. The van der Waals surface area contributed by atoms with Crippen molar-refractivity contribution in [3.63, 3.8) is 0 Å². The van der Waals surface area contributed by atoms with E-state index in [-0.39, 0.29) is 0 Å². The number of hydrogen-bond acceptors (Lipinski definition) is 2. The summed E-state index contributed by atoms with van der Waals surface area (Å²) >= 11 is 5.93. The Morgan fingerprint density at radius 1 is 1.53 bits per heavy atom. The number of halogens is 1. The zero-order chi connectivity index (χ0) is 11.6. The number of methoxy groups -OCH3 is 1. The van der Waals surface area contributed by atoms with Crippen LogP contribution in [0.2, 0.25) is 5.02 Å². The van der Waals surface area contributed by atoms with Gasteiger partial charge in [-0.25, -0.2) is 0 Å². The topological polar surface area (TPSA) is 46.5 Å². The van der Waals surface area contributed by atoms with Crippen molar-refractivity contribution in [3.8, 4) is 5.75 Å². The predicted octanol–water partition coefficient (Wildman–Crippen LogP) is 2.85. The highest BCUT2D eigenvalue weighted by atomic mass is 35.5. The van der Waals surface area contributed by atoms with Crippen LogP contribution in [0.3, 0.4) is 0 Å². The molecule has 0 aliphatic rings. The monoisotopic (exact) mass is 228 g/mol. The zero-order valence-corrected chi connectivity index (χ0v) is 9.63. The maximum Gasteiger partial charge on any atom is 0.310 e. The van der Waals surface area contributed by atoms with Gasteiger partial charge in [-0.05, 0) is 25.5 Å². The highest BCUT2D eigenvalue weighted by molar-refractivity contribution is 6.32. The molecule has 4 heteroatoms. The second kappa shape index (κ2) is 4.53. The third kappa shape index (κ3) is 2.23. The second-order valence-corrected chi connectivity index (χ2v) is 3.78. The highest BCUT2D eigenvalue weighted by Crippen LogP contribution is 2.36. The smallest absolute Gasteiger partial charge is 0.310 e.